The van der Waals surface area contributed by atoms with Crippen molar-refractivity contribution < 1.29 is 12.9 Å². The van der Waals surface area contributed by atoms with Crippen LogP contribution < -0.4 is 0 Å². The molecule has 1 atom stereocenters. The Balaban J connectivity index is 2.38. The Morgan fingerprint density at radius 3 is 2.29 bits per heavy atom. The summed E-state index contributed by atoms with van der Waals surface area (Å²) in [6.45, 7) is 5.02. The maximum Gasteiger partial charge on any atom is 0.248 e. The van der Waals surface area contributed by atoms with Gasteiger partial charge in [0.2, 0.25) is 10.0 Å². The van der Waals surface area contributed by atoms with Gasteiger partial charge in [-0.1, -0.05) is 28.9 Å². The molecule has 1 aromatic carbocycles. The Bertz CT molecular complexity index is 719. The van der Waals surface area contributed by atoms with Crippen LogP contribution in [0.25, 0.3) is 0 Å². The van der Waals surface area contributed by atoms with Gasteiger partial charge in [-0.2, -0.15) is 4.31 Å². The van der Waals surface area contributed by atoms with E-state index in [1.54, 1.807) is 33.0 Å². The Kier molecular flexibility index (Phi) is 4.41. The van der Waals surface area contributed by atoms with Gasteiger partial charge < -0.3 is 4.52 Å². The highest BCUT2D eigenvalue weighted by molar-refractivity contribution is 7.89. The van der Waals surface area contributed by atoms with E-state index in [0.29, 0.717) is 16.5 Å². The first-order chi connectivity index (χ1) is 9.75. The Morgan fingerprint density at radius 2 is 1.81 bits per heavy atom. The zero-order valence-corrected chi connectivity index (χ0v) is 13.9. The van der Waals surface area contributed by atoms with Crippen molar-refractivity contribution in [3.05, 3.63) is 46.3 Å². The number of benzene rings is 1. The minimum absolute atomic E-state index is 0.130. The second-order valence-electron chi connectivity index (χ2n) is 4.90. The van der Waals surface area contributed by atoms with Crippen LogP contribution in [0.1, 0.15) is 30.0 Å². The zero-order chi connectivity index (χ0) is 15.8. The van der Waals surface area contributed by atoms with Crippen molar-refractivity contribution in [2.24, 2.45) is 0 Å². The molecule has 2 aromatic rings. The van der Waals surface area contributed by atoms with Crippen molar-refractivity contribution in [3.63, 3.8) is 0 Å². The van der Waals surface area contributed by atoms with Crippen molar-refractivity contribution in [2.45, 2.75) is 31.7 Å². The van der Waals surface area contributed by atoms with Crippen LogP contribution in [0, 0.1) is 13.8 Å². The molecule has 0 N–H and O–H groups in total. The van der Waals surface area contributed by atoms with E-state index in [2.05, 4.69) is 5.16 Å². The molecule has 2 rings (SSSR count). The highest BCUT2D eigenvalue weighted by Gasteiger charge is 2.31. The summed E-state index contributed by atoms with van der Waals surface area (Å²) in [6, 6.07) is 6.77. The number of sulfonamides is 1. The number of aromatic nitrogens is 1. The fraction of sp³-hybridized carbons (Fsp3) is 0.357. The topological polar surface area (TPSA) is 63.4 Å². The second kappa shape index (κ2) is 5.79. The van der Waals surface area contributed by atoms with Gasteiger partial charge in [0.15, 0.2) is 5.76 Å². The van der Waals surface area contributed by atoms with E-state index in [9.17, 15) is 8.42 Å². The molecular formula is C14H17ClN2O3S. The summed E-state index contributed by atoms with van der Waals surface area (Å²) in [5.41, 5.74) is 1.22. The van der Waals surface area contributed by atoms with Crippen LogP contribution in [-0.2, 0) is 10.0 Å². The highest BCUT2D eigenvalue weighted by atomic mass is 35.5. The van der Waals surface area contributed by atoms with Gasteiger partial charge in [0, 0.05) is 18.1 Å². The Labute approximate surface area is 129 Å². The molecule has 0 saturated carbocycles. The van der Waals surface area contributed by atoms with E-state index in [4.69, 9.17) is 16.1 Å². The van der Waals surface area contributed by atoms with Gasteiger partial charge in [0.05, 0.1) is 0 Å². The third kappa shape index (κ3) is 2.97. The predicted octanol–water partition coefficient (Wildman–Crippen LogP) is 3.33. The van der Waals surface area contributed by atoms with Crippen molar-refractivity contribution in [1.29, 1.82) is 0 Å². The number of aryl methyl sites for hydroxylation is 2. The van der Waals surface area contributed by atoms with Gasteiger partial charge >= 0.3 is 0 Å². The molecule has 21 heavy (non-hydrogen) atoms. The first-order valence-corrected chi connectivity index (χ1v) is 8.23. The first-order valence-electron chi connectivity index (χ1n) is 6.41. The summed E-state index contributed by atoms with van der Waals surface area (Å²) < 4.78 is 31.7. The summed E-state index contributed by atoms with van der Waals surface area (Å²) in [7, 11) is -2.13. The standard InChI is InChI=1S/C14H17ClN2O3S/c1-9-14(11(3)20-16-9)21(18,19)17(4)10(2)12-5-7-13(15)8-6-12/h5-8,10H,1-4H3. The van der Waals surface area contributed by atoms with Crippen LogP contribution >= 0.6 is 11.6 Å². The maximum absolute atomic E-state index is 12.7. The van der Waals surface area contributed by atoms with E-state index in [1.165, 1.54) is 4.31 Å². The van der Waals surface area contributed by atoms with E-state index < -0.39 is 10.0 Å². The monoisotopic (exact) mass is 328 g/mol. The number of hydrogen-bond acceptors (Lipinski definition) is 4. The first kappa shape index (κ1) is 16.0. The van der Waals surface area contributed by atoms with Crippen molar-refractivity contribution in [3.8, 4) is 0 Å². The van der Waals surface area contributed by atoms with E-state index >= 15 is 0 Å². The fourth-order valence-electron chi connectivity index (χ4n) is 2.15. The lowest BCUT2D eigenvalue weighted by Crippen LogP contribution is -2.30. The quantitative estimate of drug-likeness (QED) is 0.863. The van der Waals surface area contributed by atoms with Crippen LogP contribution in [0.5, 0.6) is 0 Å². The van der Waals surface area contributed by atoms with Gasteiger partial charge in [-0.05, 0) is 38.5 Å². The SMILES string of the molecule is Cc1noc(C)c1S(=O)(=O)N(C)C(C)c1ccc(Cl)cc1. The average molecular weight is 329 g/mol. The predicted molar refractivity (Wildman–Crippen MR) is 80.8 cm³/mol. The van der Waals surface area contributed by atoms with Crippen LogP contribution in [0.3, 0.4) is 0 Å². The molecule has 1 heterocycles. The molecule has 0 saturated heterocycles. The minimum atomic E-state index is -3.67. The van der Waals surface area contributed by atoms with Gasteiger partial charge in [-0.25, -0.2) is 8.42 Å². The smallest absolute Gasteiger partial charge is 0.248 e. The van der Waals surface area contributed by atoms with Gasteiger partial charge in [0.25, 0.3) is 0 Å². The van der Waals surface area contributed by atoms with Crippen LogP contribution in [0.15, 0.2) is 33.7 Å². The van der Waals surface area contributed by atoms with Gasteiger partial charge in [-0.15, -0.1) is 0 Å². The summed E-state index contributed by atoms with van der Waals surface area (Å²) >= 11 is 5.86. The largest absolute Gasteiger partial charge is 0.360 e. The lowest BCUT2D eigenvalue weighted by Gasteiger charge is -2.24. The molecule has 0 radical (unpaired) electrons. The van der Waals surface area contributed by atoms with Crippen molar-refractivity contribution >= 4 is 21.6 Å². The molecule has 0 amide bonds. The molecule has 0 aliphatic rings. The minimum Gasteiger partial charge on any atom is -0.360 e. The average Bonchev–Trinajstić information content (AvgIpc) is 2.78. The Morgan fingerprint density at radius 1 is 1.24 bits per heavy atom. The number of halogens is 1. The van der Waals surface area contributed by atoms with Crippen LogP contribution in [-0.4, -0.2) is 24.9 Å². The fourth-order valence-corrected chi connectivity index (χ4v) is 3.91. The molecule has 7 heteroatoms. The number of hydrogen-bond donors (Lipinski definition) is 0. The maximum atomic E-state index is 12.7. The molecule has 0 fully saturated rings. The van der Waals surface area contributed by atoms with Crippen LogP contribution in [0.4, 0.5) is 0 Å². The zero-order valence-electron chi connectivity index (χ0n) is 12.3. The molecule has 1 unspecified atom stereocenters. The summed E-state index contributed by atoms with van der Waals surface area (Å²) in [5, 5.41) is 4.32. The molecule has 114 valence electrons. The summed E-state index contributed by atoms with van der Waals surface area (Å²) in [4.78, 5) is 0.130. The third-order valence-corrected chi connectivity index (χ3v) is 5.93. The molecule has 0 aliphatic carbocycles. The van der Waals surface area contributed by atoms with E-state index in [-0.39, 0.29) is 10.9 Å². The summed E-state index contributed by atoms with van der Waals surface area (Å²) in [6.07, 6.45) is 0. The number of rotatable bonds is 4. The van der Waals surface area contributed by atoms with E-state index in [0.717, 1.165) is 5.56 Å². The molecule has 0 bridgehead atoms. The lowest BCUT2D eigenvalue weighted by atomic mass is 10.1. The molecule has 1 aromatic heterocycles. The van der Waals surface area contributed by atoms with Crippen LogP contribution in [0.2, 0.25) is 5.02 Å². The molecular weight excluding hydrogens is 312 g/mol. The lowest BCUT2D eigenvalue weighted by molar-refractivity contribution is 0.384. The highest BCUT2D eigenvalue weighted by Crippen LogP contribution is 2.29. The summed E-state index contributed by atoms with van der Waals surface area (Å²) in [5.74, 6) is 0.294. The molecule has 0 spiro atoms. The molecule has 5 nitrogen and oxygen atoms in total. The normalized spacial score (nSPS) is 13.6. The van der Waals surface area contributed by atoms with Crippen molar-refractivity contribution in [1.82, 2.24) is 9.46 Å². The van der Waals surface area contributed by atoms with E-state index in [1.807, 2.05) is 19.1 Å². The third-order valence-electron chi connectivity index (χ3n) is 3.50. The number of nitrogens with zero attached hydrogens (tertiary/aromatic N) is 2. The Hall–Kier alpha value is -1.37. The second-order valence-corrected chi connectivity index (χ2v) is 7.27. The molecule has 0 aliphatic heterocycles. The van der Waals surface area contributed by atoms with Gasteiger partial charge in [-0.3, -0.25) is 0 Å². The van der Waals surface area contributed by atoms with Crippen molar-refractivity contribution in [2.75, 3.05) is 7.05 Å². The van der Waals surface area contributed by atoms with Gasteiger partial charge in [0.1, 0.15) is 10.6 Å².